The number of rotatable bonds is 1. The number of carbonyl (C=O) groups is 1. The maximum Gasteiger partial charge on any atom is 0.416 e. The molecule has 0 bridgehead atoms. The molecule has 0 aromatic heterocycles. The second-order valence-corrected chi connectivity index (χ2v) is 5.26. The first-order valence-electron chi connectivity index (χ1n) is 6.99. The van der Waals surface area contributed by atoms with Gasteiger partial charge in [0, 0.05) is 17.5 Å². The molecule has 23 heavy (non-hydrogen) atoms. The molecule has 118 valence electrons. The first kappa shape index (κ1) is 15.4. The van der Waals surface area contributed by atoms with Gasteiger partial charge in [0.2, 0.25) is 0 Å². The predicted octanol–water partition coefficient (Wildman–Crippen LogP) is 2.95. The van der Waals surface area contributed by atoms with Crippen LogP contribution < -0.4 is 5.73 Å². The minimum Gasteiger partial charge on any atom is -0.303 e. The van der Waals surface area contributed by atoms with Crippen LogP contribution in [0.2, 0.25) is 0 Å². The average molecular weight is 318 g/mol. The Kier molecular flexibility index (Phi) is 3.77. The summed E-state index contributed by atoms with van der Waals surface area (Å²) in [5, 5.41) is 0. The van der Waals surface area contributed by atoms with Crippen molar-refractivity contribution in [2.45, 2.75) is 18.8 Å². The number of nitrogens with zero attached hydrogens (tertiary/aromatic N) is 1. The number of nitrogens with two attached hydrogens (primary N) is 1. The fourth-order valence-corrected chi connectivity index (χ4v) is 2.65. The van der Waals surface area contributed by atoms with E-state index in [-0.39, 0.29) is 12.0 Å². The molecule has 0 radical (unpaired) electrons. The van der Waals surface area contributed by atoms with E-state index < -0.39 is 23.7 Å². The Morgan fingerprint density at radius 2 is 1.74 bits per heavy atom. The molecule has 0 amide bonds. The highest BCUT2D eigenvalue weighted by Gasteiger charge is 2.36. The molecule has 0 saturated heterocycles. The smallest absolute Gasteiger partial charge is 0.303 e. The summed E-state index contributed by atoms with van der Waals surface area (Å²) in [5.74, 6) is -0.533. The average Bonchev–Trinajstić information content (AvgIpc) is 2.64. The van der Waals surface area contributed by atoms with E-state index in [1.165, 1.54) is 6.07 Å². The standard InChI is InChI=1S/C17H13F3N2O/c18-17(19,20)13-8-4-7-11-12(13)9-14(23)16(21)22-15(11)10-5-2-1-3-6-10/h1-8,16H,9,21H2. The van der Waals surface area contributed by atoms with Crippen molar-refractivity contribution in [2.24, 2.45) is 10.7 Å². The van der Waals surface area contributed by atoms with Crippen LogP contribution >= 0.6 is 0 Å². The molecule has 0 spiro atoms. The zero-order valence-electron chi connectivity index (χ0n) is 12.0. The van der Waals surface area contributed by atoms with Gasteiger partial charge in [0.05, 0.1) is 11.3 Å². The highest BCUT2D eigenvalue weighted by Crippen LogP contribution is 2.35. The number of benzene rings is 2. The van der Waals surface area contributed by atoms with Crippen LogP contribution in [-0.2, 0) is 17.4 Å². The van der Waals surface area contributed by atoms with Gasteiger partial charge in [-0.1, -0.05) is 42.5 Å². The Bertz CT molecular complexity index is 782. The van der Waals surface area contributed by atoms with Crippen LogP contribution in [0.25, 0.3) is 0 Å². The second-order valence-electron chi connectivity index (χ2n) is 5.26. The monoisotopic (exact) mass is 318 g/mol. The van der Waals surface area contributed by atoms with Crippen LogP contribution in [0.5, 0.6) is 0 Å². The summed E-state index contributed by atoms with van der Waals surface area (Å²) in [7, 11) is 0. The first-order chi connectivity index (χ1) is 10.9. The number of Topliss-reactive ketones (excluding diaryl/α,β-unsaturated/α-hetero) is 1. The molecule has 6 heteroatoms. The quantitative estimate of drug-likeness (QED) is 0.879. The normalized spacial score (nSPS) is 18.2. The van der Waals surface area contributed by atoms with E-state index in [9.17, 15) is 18.0 Å². The van der Waals surface area contributed by atoms with E-state index in [2.05, 4.69) is 4.99 Å². The van der Waals surface area contributed by atoms with E-state index in [0.29, 0.717) is 16.8 Å². The largest absolute Gasteiger partial charge is 0.416 e. The maximum atomic E-state index is 13.3. The fraction of sp³-hybridized carbons (Fsp3) is 0.176. The van der Waals surface area contributed by atoms with Crippen molar-refractivity contribution in [3.8, 4) is 0 Å². The van der Waals surface area contributed by atoms with E-state index in [0.717, 1.165) is 6.07 Å². The summed E-state index contributed by atoms with van der Waals surface area (Å²) < 4.78 is 39.8. The number of halogens is 3. The van der Waals surface area contributed by atoms with Crippen molar-refractivity contribution < 1.29 is 18.0 Å². The van der Waals surface area contributed by atoms with Gasteiger partial charge in [-0.15, -0.1) is 0 Å². The molecule has 1 aliphatic heterocycles. The fourth-order valence-electron chi connectivity index (χ4n) is 2.65. The second kappa shape index (κ2) is 5.62. The molecule has 2 N–H and O–H groups in total. The third-order valence-electron chi connectivity index (χ3n) is 3.73. The summed E-state index contributed by atoms with van der Waals surface area (Å²) in [6.45, 7) is 0. The Morgan fingerprint density at radius 1 is 1.04 bits per heavy atom. The van der Waals surface area contributed by atoms with Gasteiger partial charge in [0.25, 0.3) is 0 Å². The summed E-state index contributed by atoms with van der Waals surface area (Å²) in [5.41, 5.74) is 6.07. The van der Waals surface area contributed by atoms with Crippen LogP contribution in [0, 0.1) is 0 Å². The molecule has 1 unspecified atom stereocenters. The number of fused-ring (bicyclic) bond motifs is 1. The summed E-state index contributed by atoms with van der Waals surface area (Å²) >= 11 is 0. The minimum atomic E-state index is -4.54. The number of carbonyl (C=O) groups excluding carboxylic acids is 1. The summed E-state index contributed by atoms with van der Waals surface area (Å²) in [6, 6.07) is 12.6. The van der Waals surface area contributed by atoms with Gasteiger partial charge in [-0.3, -0.25) is 9.79 Å². The lowest BCUT2D eigenvalue weighted by Crippen LogP contribution is -2.29. The number of aliphatic imine (C=N–C) groups is 1. The zero-order chi connectivity index (χ0) is 16.6. The molecule has 3 nitrogen and oxygen atoms in total. The molecule has 1 atom stereocenters. The Morgan fingerprint density at radius 3 is 2.39 bits per heavy atom. The third kappa shape index (κ3) is 2.90. The lowest BCUT2D eigenvalue weighted by molar-refractivity contribution is -0.138. The lowest BCUT2D eigenvalue weighted by atomic mass is 9.91. The maximum absolute atomic E-state index is 13.3. The van der Waals surface area contributed by atoms with E-state index >= 15 is 0 Å². The SMILES string of the molecule is NC1N=C(c2ccccc2)c2cccc(C(F)(F)F)c2CC1=O. The van der Waals surface area contributed by atoms with Crippen molar-refractivity contribution >= 4 is 11.5 Å². The summed E-state index contributed by atoms with van der Waals surface area (Å²) in [6.07, 6.45) is -6.09. The van der Waals surface area contributed by atoms with Crippen LogP contribution in [0.4, 0.5) is 13.2 Å². The summed E-state index contributed by atoms with van der Waals surface area (Å²) in [4.78, 5) is 16.2. The predicted molar refractivity (Wildman–Crippen MR) is 80.2 cm³/mol. The van der Waals surface area contributed by atoms with Crippen LogP contribution in [-0.4, -0.2) is 17.7 Å². The molecule has 3 rings (SSSR count). The van der Waals surface area contributed by atoms with Crippen molar-refractivity contribution in [3.63, 3.8) is 0 Å². The highest BCUT2D eigenvalue weighted by molar-refractivity contribution is 6.16. The van der Waals surface area contributed by atoms with Gasteiger partial charge in [0.1, 0.15) is 0 Å². The van der Waals surface area contributed by atoms with E-state index in [1.807, 2.05) is 0 Å². The van der Waals surface area contributed by atoms with Gasteiger partial charge in [0.15, 0.2) is 11.9 Å². The van der Waals surface area contributed by atoms with Gasteiger partial charge < -0.3 is 5.73 Å². The van der Waals surface area contributed by atoms with Crippen molar-refractivity contribution in [1.29, 1.82) is 0 Å². The minimum absolute atomic E-state index is 0.0689. The molecule has 2 aromatic carbocycles. The van der Waals surface area contributed by atoms with Crippen LogP contribution in [0.3, 0.4) is 0 Å². The molecule has 2 aromatic rings. The Labute approximate surface area is 130 Å². The van der Waals surface area contributed by atoms with Crippen molar-refractivity contribution in [1.82, 2.24) is 0 Å². The van der Waals surface area contributed by atoms with Gasteiger partial charge >= 0.3 is 6.18 Å². The Hall–Kier alpha value is -2.47. The van der Waals surface area contributed by atoms with Gasteiger partial charge in [-0.2, -0.15) is 13.2 Å². The third-order valence-corrected chi connectivity index (χ3v) is 3.73. The van der Waals surface area contributed by atoms with Gasteiger partial charge in [-0.05, 0) is 11.6 Å². The molecule has 1 heterocycles. The number of ketones is 1. The number of hydrogen-bond acceptors (Lipinski definition) is 3. The van der Waals surface area contributed by atoms with Crippen molar-refractivity contribution in [2.75, 3.05) is 0 Å². The highest BCUT2D eigenvalue weighted by atomic mass is 19.4. The van der Waals surface area contributed by atoms with Crippen LogP contribution in [0.1, 0.15) is 22.3 Å². The van der Waals surface area contributed by atoms with Crippen molar-refractivity contribution in [3.05, 3.63) is 70.8 Å². The molecule has 0 fully saturated rings. The molecule has 0 aliphatic carbocycles. The molecule has 1 aliphatic rings. The van der Waals surface area contributed by atoms with E-state index in [4.69, 9.17) is 5.73 Å². The molecular formula is C17H13F3N2O. The number of hydrogen-bond donors (Lipinski definition) is 1. The van der Waals surface area contributed by atoms with Gasteiger partial charge in [-0.25, -0.2) is 0 Å². The zero-order valence-corrected chi connectivity index (χ0v) is 12.0. The topological polar surface area (TPSA) is 55.4 Å². The van der Waals surface area contributed by atoms with E-state index in [1.54, 1.807) is 36.4 Å². The molecule has 0 saturated carbocycles. The Balaban J connectivity index is 2.27. The lowest BCUT2D eigenvalue weighted by Gasteiger charge is -2.16. The first-order valence-corrected chi connectivity index (χ1v) is 6.99. The molecular weight excluding hydrogens is 305 g/mol. The number of alkyl halides is 3. The van der Waals surface area contributed by atoms with Crippen LogP contribution in [0.15, 0.2) is 53.5 Å².